The van der Waals surface area contributed by atoms with Gasteiger partial charge in [0.15, 0.2) is 6.40 Å². The van der Waals surface area contributed by atoms with Crippen molar-refractivity contribution in [3.05, 3.63) is 17.6 Å². The summed E-state index contributed by atoms with van der Waals surface area (Å²) in [7, 11) is 0. The largest absolute Gasteiger partial charge is 0.428 e. The van der Waals surface area contributed by atoms with Gasteiger partial charge in [-0.1, -0.05) is 13.8 Å². The zero-order chi connectivity index (χ0) is 9.84. The van der Waals surface area contributed by atoms with Crippen molar-refractivity contribution in [3.8, 4) is 5.88 Å². The molecule has 0 saturated heterocycles. The van der Waals surface area contributed by atoms with Crippen LogP contribution < -0.4 is 4.74 Å². The van der Waals surface area contributed by atoms with Crippen molar-refractivity contribution in [2.24, 2.45) is 0 Å². The molecule has 0 spiro atoms. The Morgan fingerprint density at radius 3 is 2.69 bits per heavy atom. The Balaban J connectivity index is 3.03. The van der Waals surface area contributed by atoms with Crippen molar-refractivity contribution in [3.63, 3.8) is 0 Å². The Morgan fingerprint density at radius 2 is 2.15 bits per heavy atom. The lowest BCUT2D eigenvalue weighted by Crippen LogP contribution is -2.02. The quantitative estimate of drug-likeness (QED) is 0.569. The normalized spacial score (nSPS) is 10.2. The van der Waals surface area contributed by atoms with Crippen molar-refractivity contribution in [1.82, 2.24) is 9.97 Å². The van der Waals surface area contributed by atoms with Gasteiger partial charge in [-0.15, -0.1) is 0 Å². The van der Waals surface area contributed by atoms with Crippen LogP contribution in [0.2, 0.25) is 0 Å². The molecule has 0 bridgehead atoms. The molecule has 1 rings (SSSR count). The summed E-state index contributed by atoms with van der Waals surface area (Å²) in [6, 6.07) is 1.71. The minimum absolute atomic E-state index is 0.271. The molecule has 0 aromatic carbocycles. The molecule has 1 aromatic rings. The lowest BCUT2D eigenvalue weighted by molar-refractivity contribution is 0.533. The molecule has 1 heterocycles. The van der Waals surface area contributed by atoms with Crippen LogP contribution >= 0.6 is 0 Å². The minimum atomic E-state index is 0.271. The highest BCUT2D eigenvalue weighted by atomic mass is 16.5. The average molecular weight is 179 g/mol. The molecule has 0 amide bonds. The first-order valence-corrected chi connectivity index (χ1v) is 4.14. The topological polar surface area (TPSA) is 58.9 Å². The third-order valence-corrected chi connectivity index (χ3v) is 1.54. The number of aryl methyl sites for hydroxylation is 1. The molecule has 4 nitrogen and oxygen atoms in total. The Labute approximate surface area is 77.5 Å². The molecule has 1 N–H and O–H groups in total. The van der Waals surface area contributed by atoms with Gasteiger partial charge >= 0.3 is 0 Å². The third kappa shape index (κ3) is 2.50. The van der Waals surface area contributed by atoms with Crippen LogP contribution in [0.4, 0.5) is 0 Å². The molecule has 4 heteroatoms. The van der Waals surface area contributed by atoms with E-state index in [4.69, 9.17) is 10.1 Å². The molecule has 13 heavy (non-hydrogen) atoms. The summed E-state index contributed by atoms with van der Waals surface area (Å²) in [5.74, 6) is 1.45. The Kier molecular flexibility index (Phi) is 2.95. The van der Waals surface area contributed by atoms with Crippen molar-refractivity contribution in [2.45, 2.75) is 26.7 Å². The van der Waals surface area contributed by atoms with Crippen molar-refractivity contribution in [2.75, 3.05) is 0 Å². The molecular formula is C9H13N3O. The number of hydrogen-bond donors (Lipinski definition) is 1. The van der Waals surface area contributed by atoms with Crippen LogP contribution in [0.3, 0.4) is 0 Å². The van der Waals surface area contributed by atoms with Crippen LogP contribution in [0, 0.1) is 12.3 Å². The molecule has 1 aromatic heterocycles. The summed E-state index contributed by atoms with van der Waals surface area (Å²) in [5, 5.41) is 6.78. The summed E-state index contributed by atoms with van der Waals surface area (Å²) in [6.07, 6.45) is 0.867. The predicted octanol–water partition coefficient (Wildman–Crippen LogP) is 1.89. The van der Waals surface area contributed by atoms with Crippen LogP contribution in [0.5, 0.6) is 5.88 Å². The van der Waals surface area contributed by atoms with Crippen molar-refractivity contribution in [1.29, 1.82) is 5.41 Å². The summed E-state index contributed by atoms with van der Waals surface area (Å²) in [5.41, 5.74) is 0.857. The third-order valence-electron chi connectivity index (χ3n) is 1.54. The van der Waals surface area contributed by atoms with Crippen LogP contribution in [0.1, 0.15) is 31.3 Å². The zero-order valence-electron chi connectivity index (χ0n) is 8.03. The Bertz CT molecular complexity index is 310. The summed E-state index contributed by atoms with van der Waals surface area (Å²) in [6.45, 7) is 5.91. The average Bonchev–Trinajstić information content (AvgIpc) is 2.03. The van der Waals surface area contributed by atoms with E-state index in [1.165, 1.54) is 0 Å². The molecule has 0 atom stereocenters. The van der Waals surface area contributed by atoms with Gasteiger partial charge in [0.1, 0.15) is 5.82 Å². The van der Waals surface area contributed by atoms with E-state index in [2.05, 4.69) is 9.97 Å². The van der Waals surface area contributed by atoms with Crippen LogP contribution in [-0.2, 0) is 0 Å². The highest BCUT2D eigenvalue weighted by molar-refractivity contribution is 5.46. The second kappa shape index (κ2) is 3.98. The van der Waals surface area contributed by atoms with E-state index in [9.17, 15) is 0 Å². The fourth-order valence-corrected chi connectivity index (χ4v) is 0.941. The molecule has 70 valence electrons. The van der Waals surface area contributed by atoms with E-state index in [1.807, 2.05) is 20.8 Å². The monoisotopic (exact) mass is 179 g/mol. The number of aromatic nitrogens is 2. The molecule has 0 aliphatic carbocycles. The molecular weight excluding hydrogens is 166 g/mol. The van der Waals surface area contributed by atoms with Gasteiger partial charge in [-0.2, -0.15) is 4.98 Å². The highest BCUT2D eigenvalue weighted by Gasteiger charge is 2.05. The van der Waals surface area contributed by atoms with Crippen LogP contribution in [0.15, 0.2) is 6.07 Å². The van der Waals surface area contributed by atoms with E-state index < -0.39 is 0 Å². The fourth-order valence-electron chi connectivity index (χ4n) is 0.941. The zero-order valence-corrected chi connectivity index (χ0v) is 8.03. The fraction of sp³-hybridized carbons (Fsp3) is 0.444. The maximum Gasteiger partial charge on any atom is 0.224 e. The highest BCUT2D eigenvalue weighted by Crippen LogP contribution is 2.14. The van der Waals surface area contributed by atoms with Gasteiger partial charge in [-0.3, -0.25) is 5.41 Å². The molecule has 0 aliphatic heterocycles. The minimum Gasteiger partial charge on any atom is -0.428 e. The van der Waals surface area contributed by atoms with E-state index in [0.29, 0.717) is 5.88 Å². The number of nitrogens with zero attached hydrogens (tertiary/aromatic N) is 2. The maximum absolute atomic E-state index is 6.78. The number of hydrogen-bond acceptors (Lipinski definition) is 4. The van der Waals surface area contributed by atoms with Crippen molar-refractivity contribution < 1.29 is 4.74 Å². The van der Waals surface area contributed by atoms with Gasteiger partial charge in [-0.05, 0) is 6.92 Å². The first-order chi connectivity index (χ1) is 6.13. The molecule has 0 saturated carbocycles. The number of ether oxygens (including phenoxy) is 1. The van der Waals surface area contributed by atoms with Crippen LogP contribution in [0.25, 0.3) is 0 Å². The SMILES string of the molecule is Cc1cc(OC=N)nc(C(C)C)n1. The molecule has 0 unspecified atom stereocenters. The van der Waals surface area contributed by atoms with Crippen LogP contribution in [-0.4, -0.2) is 16.4 Å². The summed E-state index contributed by atoms with van der Waals surface area (Å²) < 4.78 is 4.87. The molecule has 0 radical (unpaired) electrons. The summed E-state index contributed by atoms with van der Waals surface area (Å²) >= 11 is 0. The first kappa shape index (κ1) is 9.64. The first-order valence-electron chi connectivity index (χ1n) is 4.14. The molecule has 0 aliphatic rings. The van der Waals surface area contributed by atoms with E-state index >= 15 is 0 Å². The molecule has 0 fully saturated rings. The number of nitrogens with one attached hydrogen (secondary N) is 1. The van der Waals surface area contributed by atoms with Gasteiger partial charge in [0.2, 0.25) is 5.88 Å². The van der Waals surface area contributed by atoms with E-state index in [0.717, 1.165) is 17.9 Å². The number of rotatable bonds is 3. The van der Waals surface area contributed by atoms with E-state index in [-0.39, 0.29) is 5.92 Å². The standard InChI is InChI=1S/C9H13N3O/c1-6(2)9-11-7(3)4-8(12-9)13-5-10/h4-6,10H,1-3H3. The van der Waals surface area contributed by atoms with E-state index in [1.54, 1.807) is 6.07 Å². The second-order valence-corrected chi connectivity index (χ2v) is 3.10. The van der Waals surface area contributed by atoms with Gasteiger partial charge in [0, 0.05) is 17.7 Å². The second-order valence-electron chi connectivity index (χ2n) is 3.10. The van der Waals surface area contributed by atoms with Gasteiger partial charge in [0.25, 0.3) is 0 Å². The predicted molar refractivity (Wildman–Crippen MR) is 50.3 cm³/mol. The van der Waals surface area contributed by atoms with Gasteiger partial charge in [-0.25, -0.2) is 4.98 Å². The maximum atomic E-state index is 6.78. The lowest BCUT2D eigenvalue weighted by atomic mass is 10.2. The van der Waals surface area contributed by atoms with Crippen molar-refractivity contribution >= 4 is 6.40 Å². The lowest BCUT2D eigenvalue weighted by Gasteiger charge is -2.06. The Hall–Kier alpha value is -1.45. The summed E-state index contributed by atoms with van der Waals surface area (Å²) in [4.78, 5) is 8.39. The van der Waals surface area contributed by atoms with Gasteiger partial charge in [0.05, 0.1) is 0 Å². The Morgan fingerprint density at radius 1 is 1.46 bits per heavy atom. The smallest absolute Gasteiger partial charge is 0.224 e. The van der Waals surface area contributed by atoms with Gasteiger partial charge < -0.3 is 4.74 Å².